The Hall–Kier alpha value is 1.71. The van der Waals surface area contributed by atoms with Crippen LogP contribution in [-0.2, 0) is 0 Å². The maximum atomic E-state index is 4.00. The Morgan fingerprint density at radius 2 is 0.600 bits per heavy atom. The van der Waals surface area contributed by atoms with Crippen molar-refractivity contribution in [2.45, 2.75) is 0 Å². The third-order valence-electron chi connectivity index (χ3n) is 0. The van der Waals surface area contributed by atoms with E-state index in [9.17, 15) is 0 Å². The molecule has 0 saturated carbocycles. The van der Waals surface area contributed by atoms with Crippen molar-refractivity contribution in [3.8, 4) is 0 Å². The first-order valence-corrected chi connectivity index (χ1v) is 0.333. The molecule has 2 nitrogen and oxygen atoms in total. The standard InChI is InChI=1S/3Li.H4N2.3H/c;;;1-2;;;/h;;;1-2H2;;;. The summed E-state index contributed by atoms with van der Waals surface area (Å²) in [6, 6.07) is 0. The van der Waals surface area contributed by atoms with Crippen LogP contribution >= 0.6 is 0 Å². The van der Waals surface area contributed by atoms with Gasteiger partial charge in [0.2, 0.25) is 0 Å². The van der Waals surface area contributed by atoms with Crippen LogP contribution in [0.5, 0.6) is 0 Å². The molecule has 20 valence electrons. The first kappa shape index (κ1) is 29.8. The van der Waals surface area contributed by atoms with Crippen LogP contribution in [-0.4, -0.2) is 56.6 Å². The summed E-state index contributed by atoms with van der Waals surface area (Å²) in [7, 11) is 0. The van der Waals surface area contributed by atoms with Crippen LogP contribution in [0.25, 0.3) is 0 Å². The van der Waals surface area contributed by atoms with Gasteiger partial charge in [0.15, 0.2) is 0 Å². The Bertz CT molecular complexity index is 4.85. The molecule has 0 saturated heterocycles. The molecule has 0 aromatic carbocycles. The quantitative estimate of drug-likeness (QED) is 0.175. The van der Waals surface area contributed by atoms with Crippen molar-refractivity contribution in [2.24, 2.45) is 11.7 Å². The van der Waals surface area contributed by atoms with E-state index in [1.165, 1.54) is 0 Å². The van der Waals surface area contributed by atoms with Gasteiger partial charge in [-0.1, -0.05) is 0 Å². The predicted octanol–water partition coefficient (Wildman–Crippen LogP) is -3.13. The van der Waals surface area contributed by atoms with Crippen molar-refractivity contribution in [3.05, 3.63) is 0 Å². The van der Waals surface area contributed by atoms with Crippen LogP contribution in [0.1, 0.15) is 0 Å². The summed E-state index contributed by atoms with van der Waals surface area (Å²) in [4.78, 5) is 0. The third-order valence-corrected chi connectivity index (χ3v) is 0. The van der Waals surface area contributed by atoms with Crippen LogP contribution in [0.15, 0.2) is 0 Å². The van der Waals surface area contributed by atoms with Gasteiger partial charge >= 0.3 is 56.6 Å². The summed E-state index contributed by atoms with van der Waals surface area (Å²) < 4.78 is 0. The summed E-state index contributed by atoms with van der Waals surface area (Å²) in [5.41, 5.74) is 0. The second-order valence-corrected chi connectivity index (χ2v) is 0. The average molecular weight is 55.9 g/mol. The summed E-state index contributed by atoms with van der Waals surface area (Å²) in [6.45, 7) is 0. The minimum atomic E-state index is 0. The van der Waals surface area contributed by atoms with E-state index in [1.54, 1.807) is 0 Å². The van der Waals surface area contributed by atoms with Gasteiger partial charge in [-0.2, -0.15) is 0 Å². The molecule has 5 heteroatoms. The molecule has 0 aromatic heterocycles. The molecule has 0 bridgehead atoms. The van der Waals surface area contributed by atoms with Gasteiger partial charge in [-0.25, -0.2) is 0 Å². The molecule has 0 amide bonds. The van der Waals surface area contributed by atoms with Crippen molar-refractivity contribution in [1.29, 1.82) is 0 Å². The van der Waals surface area contributed by atoms with Gasteiger partial charge in [0, 0.05) is 0 Å². The molecule has 0 radical (unpaired) electrons. The van der Waals surface area contributed by atoms with Crippen molar-refractivity contribution in [3.63, 3.8) is 0 Å². The Kier molecular flexibility index (Phi) is 258. The molecule has 0 aliphatic rings. The summed E-state index contributed by atoms with van der Waals surface area (Å²) in [6.07, 6.45) is 0. The summed E-state index contributed by atoms with van der Waals surface area (Å²) >= 11 is 0. The molecule has 0 aromatic rings. The van der Waals surface area contributed by atoms with Gasteiger partial charge in [0.05, 0.1) is 0 Å². The first-order valence-electron chi connectivity index (χ1n) is 0.333. The van der Waals surface area contributed by atoms with E-state index in [-0.39, 0.29) is 56.6 Å². The topological polar surface area (TPSA) is 52.0 Å². The second-order valence-electron chi connectivity index (χ2n) is 0. The fraction of sp³-hybridized carbons (Fsp3) is 0. The molecule has 0 spiro atoms. The maximum absolute atomic E-state index is 4.00. The molecule has 0 rings (SSSR count). The Morgan fingerprint density at radius 1 is 0.600 bits per heavy atom. The van der Waals surface area contributed by atoms with E-state index in [0.717, 1.165) is 0 Å². The summed E-state index contributed by atoms with van der Waals surface area (Å²) in [5, 5.41) is 0. The van der Waals surface area contributed by atoms with Crippen molar-refractivity contribution < 1.29 is 0 Å². The molecule has 0 heterocycles. The molecule has 0 fully saturated rings. The second kappa shape index (κ2) is 43.3. The van der Waals surface area contributed by atoms with Crippen molar-refractivity contribution in [1.82, 2.24) is 0 Å². The number of nitrogens with two attached hydrogens (primary N) is 2. The SMILES string of the molecule is NN.[LiH].[LiH].[LiH]. The van der Waals surface area contributed by atoms with Gasteiger partial charge in [-0.3, -0.25) is 11.7 Å². The Balaban J connectivity index is -0.00000000167. The number of hydrogen-bond acceptors (Lipinski definition) is 2. The molecule has 0 unspecified atom stereocenters. The van der Waals surface area contributed by atoms with E-state index < -0.39 is 0 Å². The van der Waals surface area contributed by atoms with E-state index in [2.05, 4.69) is 11.7 Å². The van der Waals surface area contributed by atoms with Crippen molar-refractivity contribution >= 4 is 56.6 Å². The van der Waals surface area contributed by atoms with Crippen LogP contribution < -0.4 is 11.7 Å². The normalized spacial score (nSPS) is 1.20. The zero-order valence-corrected chi connectivity index (χ0v) is 1.15. The zero-order chi connectivity index (χ0) is 2.00. The van der Waals surface area contributed by atoms with Crippen LogP contribution in [0.2, 0.25) is 0 Å². The molecule has 0 aliphatic heterocycles. The summed E-state index contributed by atoms with van der Waals surface area (Å²) in [5.74, 6) is 8.00. The van der Waals surface area contributed by atoms with Gasteiger partial charge in [-0.15, -0.1) is 0 Å². The molecular weight excluding hydrogens is 48.8 g/mol. The zero-order valence-electron chi connectivity index (χ0n) is 1.15. The van der Waals surface area contributed by atoms with E-state index >= 15 is 0 Å². The molecule has 0 atom stereocenters. The van der Waals surface area contributed by atoms with E-state index in [1.807, 2.05) is 0 Å². The molecule has 5 heavy (non-hydrogen) atoms. The number of hydrogen-bond donors (Lipinski definition) is 2. The predicted molar refractivity (Wildman–Crippen MR) is 29.8 cm³/mol. The third kappa shape index (κ3) is 26.9. The molecule has 4 N–H and O–H groups in total. The van der Waals surface area contributed by atoms with E-state index in [4.69, 9.17) is 0 Å². The molecule has 0 aliphatic carbocycles. The van der Waals surface area contributed by atoms with Gasteiger partial charge < -0.3 is 0 Å². The fourth-order valence-corrected chi connectivity index (χ4v) is 0. The monoisotopic (exact) mass is 56.1 g/mol. The van der Waals surface area contributed by atoms with Crippen LogP contribution in [0, 0.1) is 0 Å². The Morgan fingerprint density at radius 3 is 0.600 bits per heavy atom. The van der Waals surface area contributed by atoms with E-state index in [0.29, 0.717) is 0 Å². The number of rotatable bonds is 0. The first-order chi connectivity index (χ1) is 1.00. The van der Waals surface area contributed by atoms with Crippen LogP contribution in [0.3, 0.4) is 0 Å². The Labute approximate surface area is 67.9 Å². The minimum absolute atomic E-state index is 0. The van der Waals surface area contributed by atoms with Gasteiger partial charge in [0.1, 0.15) is 0 Å². The van der Waals surface area contributed by atoms with Crippen molar-refractivity contribution in [2.75, 3.05) is 0 Å². The van der Waals surface area contributed by atoms with Gasteiger partial charge in [0.25, 0.3) is 0 Å². The fourth-order valence-electron chi connectivity index (χ4n) is 0. The molecular formula is H7Li3N2. The van der Waals surface area contributed by atoms with Gasteiger partial charge in [-0.05, 0) is 0 Å². The van der Waals surface area contributed by atoms with Crippen LogP contribution in [0.4, 0.5) is 0 Å². The number of hydrazine groups is 1. The average Bonchev–Trinajstić information content (AvgIpc) is 1.00.